The van der Waals surface area contributed by atoms with Gasteiger partial charge < -0.3 is 10.2 Å². The minimum Gasteiger partial charge on any atom is -0.309 e. The van der Waals surface area contributed by atoms with Gasteiger partial charge in [0.15, 0.2) is 0 Å². The molecule has 102 valence electrons. The van der Waals surface area contributed by atoms with Gasteiger partial charge in [-0.2, -0.15) is 0 Å². The smallest absolute Gasteiger partial charge is 0.0323 e. The van der Waals surface area contributed by atoms with Crippen molar-refractivity contribution < 1.29 is 0 Å². The molecule has 0 fully saturated rings. The lowest BCUT2D eigenvalue weighted by Crippen LogP contribution is -2.32. The zero-order chi connectivity index (χ0) is 13.4. The van der Waals surface area contributed by atoms with Crippen molar-refractivity contribution >= 4 is 0 Å². The first-order valence-corrected chi connectivity index (χ1v) is 7.10. The summed E-state index contributed by atoms with van der Waals surface area (Å²) in [5.41, 5.74) is 1.41. The zero-order valence-electron chi connectivity index (χ0n) is 12.3. The summed E-state index contributed by atoms with van der Waals surface area (Å²) in [7, 11) is 2.17. The Hall–Kier alpha value is -0.860. The van der Waals surface area contributed by atoms with Crippen LogP contribution in [0, 0.1) is 5.92 Å². The molecule has 1 unspecified atom stereocenters. The topological polar surface area (TPSA) is 15.3 Å². The lowest BCUT2D eigenvalue weighted by atomic mass is 9.97. The van der Waals surface area contributed by atoms with Crippen LogP contribution < -0.4 is 5.32 Å². The summed E-state index contributed by atoms with van der Waals surface area (Å²) in [5.74, 6) is 0.714. The lowest BCUT2D eigenvalue weighted by molar-refractivity contribution is 0.330. The maximum Gasteiger partial charge on any atom is 0.0323 e. The Morgan fingerprint density at radius 2 is 1.83 bits per heavy atom. The van der Waals surface area contributed by atoms with Crippen LogP contribution in [0.2, 0.25) is 0 Å². The maximum absolute atomic E-state index is 3.69. The van der Waals surface area contributed by atoms with Gasteiger partial charge in [-0.3, -0.25) is 0 Å². The molecule has 1 rings (SSSR count). The van der Waals surface area contributed by atoms with Gasteiger partial charge in [0.2, 0.25) is 0 Å². The summed E-state index contributed by atoms with van der Waals surface area (Å²) >= 11 is 0. The number of nitrogens with zero attached hydrogens (tertiary/aromatic N) is 1. The van der Waals surface area contributed by atoms with E-state index in [2.05, 4.69) is 68.4 Å². The Morgan fingerprint density at radius 3 is 2.39 bits per heavy atom. The van der Waals surface area contributed by atoms with Crippen LogP contribution in [-0.2, 0) is 0 Å². The molecule has 0 heterocycles. The van der Waals surface area contributed by atoms with Gasteiger partial charge in [-0.05, 0) is 31.5 Å². The molecule has 0 bridgehead atoms. The van der Waals surface area contributed by atoms with Crippen LogP contribution >= 0.6 is 0 Å². The van der Waals surface area contributed by atoms with Crippen LogP contribution in [0.3, 0.4) is 0 Å². The highest BCUT2D eigenvalue weighted by Crippen LogP contribution is 2.20. The predicted octanol–water partition coefficient (Wildman–Crippen LogP) is 3.32. The summed E-state index contributed by atoms with van der Waals surface area (Å²) in [5, 5.41) is 3.69. The van der Waals surface area contributed by atoms with Gasteiger partial charge in [0.1, 0.15) is 0 Å². The lowest BCUT2D eigenvalue weighted by Gasteiger charge is -2.23. The molecule has 0 radical (unpaired) electrons. The molecule has 0 saturated carbocycles. The Bertz CT molecular complexity index is 308. The van der Waals surface area contributed by atoms with E-state index >= 15 is 0 Å². The number of benzene rings is 1. The van der Waals surface area contributed by atoms with E-state index in [1.54, 1.807) is 0 Å². The molecule has 1 aromatic rings. The van der Waals surface area contributed by atoms with E-state index in [0.717, 1.165) is 19.6 Å². The fraction of sp³-hybridized carbons (Fsp3) is 0.625. The van der Waals surface area contributed by atoms with E-state index in [4.69, 9.17) is 0 Å². The minimum atomic E-state index is 0.483. The molecule has 18 heavy (non-hydrogen) atoms. The fourth-order valence-corrected chi connectivity index (χ4v) is 2.08. The van der Waals surface area contributed by atoms with Crippen LogP contribution in [0.4, 0.5) is 0 Å². The highest BCUT2D eigenvalue weighted by atomic mass is 15.1. The monoisotopic (exact) mass is 248 g/mol. The third-order valence-electron chi connectivity index (χ3n) is 3.33. The van der Waals surface area contributed by atoms with Gasteiger partial charge in [-0.25, -0.2) is 0 Å². The van der Waals surface area contributed by atoms with Crippen molar-refractivity contribution in [1.29, 1.82) is 0 Å². The molecule has 2 heteroatoms. The average molecular weight is 248 g/mol. The van der Waals surface area contributed by atoms with E-state index in [-0.39, 0.29) is 0 Å². The first-order valence-electron chi connectivity index (χ1n) is 7.10. The van der Waals surface area contributed by atoms with Crippen LogP contribution in [0.5, 0.6) is 0 Å². The number of rotatable bonds is 8. The molecular weight excluding hydrogens is 220 g/mol. The highest BCUT2D eigenvalue weighted by Gasteiger charge is 2.12. The van der Waals surface area contributed by atoms with E-state index < -0.39 is 0 Å². The summed E-state index contributed by atoms with van der Waals surface area (Å²) < 4.78 is 0. The third kappa shape index (κ3) is 5.65. The molecule has 1 aromatic carbocycles. The average Bonchev–Trinajstić information content (AvgIpc) is 2.38. The van der Waals surface area contributed by atoms with Crippen molar-refractivity contribution in [3.05, 3.63) is 35.9 Å². The molecule has 0 amide bonds. The van der Waals surface area contributed by atoms with Crippen molar-refractivity contribution in [2.24, 2.45) is 5.92 Å². The zero-order valence-corrected chi connectivity index (χ0v) is 12.3. The van der Waals surface area contributed by atoms with Gasteiger partial charge >= 0.3 is 0 Å². The number of likely N-dealkylation sites (N-methyl/N-ethyl adjacent to an activating group) is 1. The number of nitrogens with one attached hydrogen (secondary N) is 1. The van der Waals surface area contributed by atoms with Crippen LogP contribution in [0.15, 0.2) is 30.3 Å². The Morgan fingerprint density at radius 1 is 1.17 bits per heavy atom. The molecule has 1 atom stereocenters. The largest absolute Gasteiger partial charge is 0.309 e. The van der Waals surface area contributed by atoms with Gasteiger partial charge in [0, 0.05) is 19.1 Å². The molecular formula is C16H28N2. The van der Waals surface area contributed by atoms with Crippen molar-refractivity contribution in [1.82, 2.24) is 10.2 Å². The minimum absolute atomic E-state index is 0.483. The highest BCUT2D eigenvalue weighted by molar-refractivity contribution is 5.18. The van der Waals surface area contributed by atoms with Gasteiger partial charge in [0.05, 0.1) is 0 Å². The molecule has 0 aliphatic rings. The van der Waals surface area contributed by atoms with E-state index in [1.807, 2.05) is 0 Å². The first kappa shape index (κ1) is 15.2. The summed E-state index contributed by atoms with van der Waals surface area (Å²) in [6.45, 7) is 10.0. The molecule has 0 aromatic heterocycles. The second-order valence-electron chi connectivity index (χ2n) is 5.44. The van der Waals surface area contributed by atoms with Gasteiger partial charge in [-0.15, -0.1) is 0 Å². The van der Waals surface area contributed by atoms with Crippen LogP contribution in [-0.4, -0.2) is 31.6 Å². The molecule has 2 nitrogen and oxygen atoms in total. The standard InChI is InChI=1S/C16H28N2/c1-5-18(4)12-11-17-16(13-14(2)3)15-9-7-6-8-10-15/h6-10,14,16-17H,5,11-13H2,1-4H3. The Balaban J connectivity index is 2.51. The normalized spacial score (nSPS) is 13.2. The molecule has 1 N–H and O–H groups in total. The van der Waals surface area contributed by atoms with Crippen LogP contribution in [0.25, 0.3) is 0 Å². The Kier molecular flexibility index (Phi) is 6.99. The van der Waals surface area contributed by atoms with Crippen molar-refractivity contribution in [3.63, 3.8) is 0 Å². The van der Waals surface area contributed by atoms with Crippen LogP contribution in [0.1, 0.15) is 38.8 Å². The summed E-state index contributed by atoms with van der Waals surface area (Å²) in [6, 6.07) is 11.3. The van der Waals surface area contributed by atoms with Gasteiger partial charge in [-0.1, -0.05) is 51.1 Å². The van der Waals surface area contributed by atoms with E-state index in [9.17, 15) is 0 Å². The van der Waals surface area contributed by atoms with Crippen molar-refractivity contribution in [3.8, 4) is 0 Å². The first-order chi connectivity index (χ1) is 8.63. The second kappa shape index (κ2) is 8.28. The van der Waals surface area contributed by atoms with E-state index in [1.165, 1.54) is 12.0 Å². The quantitative estimate of drug-likeness (QED) is 0.759. The molecule has 0 spiro atoms. The molecule has 0 aliphatic heterocycles. The second-order valence-corrected chi connectivity index (χ2v) is 5.44. The number of hydrogen-bond acceptors (Lipinski definition) is 2. The summed E-state index contributed by atoms with van der Waals surface area (Å²) in [4.78, 5) is 2.34. The predicted molar refractivity (Wildman–Crippen MR) is 79.8 cm³/mol. The van der Waals surface area contributed by atoms with E-state index in [0.29, 0.717) is 12.0 Å². The number of hydrogen-bond donors (Lipinski definition) is 1. The third-order valence-corrected chi connectivity index (χ3v) is 3.33. The van der Waals surface area contributed by atoms with Crippen molar-refractivity contribution in [2.75, 3.05) is 26.7 Å². The summed E-state index contributed by atoms with van der Waals surface area (Å²) in [6.07, 6.45) is 1.19. The SMILES string of the molecule is CCN(C)CCNC(CC(C)C)c1ccccc1. The molecule has 0 saturated heterocycles. The fourth-order valence-electron chi connectivity index (χ4n) is 2.08. The molecule has 0 aliphatic carbocycles. The van der Waals surface area contributed by atoms with Gasteiger partial charge in [0.25, 0.3) is 0 Å². The Labute approximate surface area is 112 Å². The van der Waals surface area contributed by atoms with Crippen molar-refractivity contribution in [2.45, 2.75) is 33.2 Å². The maximum atomic E-state index is 3.69.